The molecule has 0 aliphatic carbocycles. The Morgan fingerprint density at radius 3 is 0.867 bits per heavy atom. The van der Waals surface area contributed by atoms with Gasteiger partial charge in [-0.25, -0.2) is 16.8 Å². The lowest BCUT2D eigenvalue weighted by Crippen LogP contribution is -1.97. The molecule has 0 unspecified atom stereocenters. The lowest BCUT2D eigenvalue weighted by Gasteiger charge is -1.98. The van der Waals surface area contributed by atoms with Gasteiger partial charge in [0.25, 0.3) is 0 Å². The fourth-order valence-electron chi connectivity index (χ4n) is 0. The summed E-state index contributed by atoms with van der Waals surface area (Å²) in [4.78, 5) is 0. The van der Waals surface area contributed by atoms with Crippen molar-refractivity contribution in [3.05, 3.63) is 14.9 Å². The van der Waals surface area contributed by atoms with Gasteiger partial charge in [-0.15, -0.1) is 0 Å². The molecule has 0 bridgehead atoms. The molecule has 0 fully saturated rings. The van der Waals surface area contributed by atoms with Gasteiger partial charge in [0.2, 0.25) is 20.8 Å². The zero-order chi connectivity index (χ0) is 10.4. The van der Waals surface area contributed by atoms with Crippen LogP contribution in [-0.2, 0) is 29.2 Å². The molecule has 0 aliphatic rings. The summed E-state index contributed by atoms with van der Waals surface area (Å²) in [5.74, 6) is 0. The molecule has 0 saturated heterocycles. The third kappa shape index (κ3) is 59.2. The van der Waals surface area contributed by atoms with Gasteiger partial charge in [-0.2, -0.15) is 0 Å². The molecule has 0 aliphatic heterocycles. The number of hydrogen-bond acceptors (Lipinski definition) is 8. The molecule has 0 rings (SSSR count). The van der Waals surface area contributed by atoms with Crippen LogP contribution < -0.4 is 0 Å². The van der Waals surface area contributed by atoms with Gasteiger partial charge in [-0.05, 0) is 0 Å². The smallest absolute Gasteiger partial charge is 0.217 e. The third-order valence-electron chi connectivity index (χ3n) is 0.408. The molecule has 8 nitrogen and oxygen atoms in total. The van der Waals surface area contributed by atoms with Gasteiger partial charge in [0.15, 0.2) is 0 Å². The van der Waals surface area contributed by atoms with E-state index in [0.717, 1.165) is 14.2 Å². The molecule has 0 heterocycles. The van der Waals surface area contributed by atoms with Crippen molar-refractivity contribution in [3.8, 4) is 0 Å². The Balaban J connectivity index is -0.0000000370. The van der Waals surface area contributed by atoms with Gasteiger partial charge in [-0.3, -0.25) is 8.37 Å². The van der Waals surface area contributed by atoms with Crippen molar-refractivity contribution in [1.29, 1.82) is 0 Å². The highest BCUT2D eigenvalue weighted by Crippen LogP contribution is 1.74. The minimum absolute atomic E-state index is 0. The highest BCUT2D eigenvalue weighted by molar-refractivity contribution is 7.81. The van der Waals surface area contributed by atoms with Crippen LogP contribution in [0.2, 0.25) is 0 Å². The second-order valence-electron chi connectivity index (χ2n) is 1.15. The summed E-state index contributed by atoms with van der Waals surface area (Å²) in [6, 6.07) is 0. The summed E-state index contributed by atoms with van der Waals surface area (Å²) in [6.45, 7) is 0. The molecule has 96 valence electrons. The van der Waals surface area contributed by atoms with Crippen molar-refractivity contribution < 1.29 is 34.3 Å². The third-order valence-corrected chi connectivity index (χ3v) is 1.22. The molecular formula is C5H16O8S2. The van der Waals surface area contributed by atoms with E-state index in [4.69, 9.17) is 0 Å². The van der Waals surface area contributed by atoms with Gasteiger partial charge in [0, 0.05) is 14.9 Å². The fraction of sp³-hybridized carbons (Fsp3) is 0.600. The minimum atomic E-state index is -4.41. The Morgan fingerprint density at radius 2 is 0.867 bits per heavy atom. The van der Waals surface area contributed by atoms with Crippen LogP contribution in [0.3, 0.4) is 0 Å². The molecule has 0 N–H and O–H groups in total. The Bertz CT molecular complexity index is 257. The first-order valence-corrected chi connectivity index (χ1v) is 4.82. The van der Waals surface area contributed by atoms with Crippen LogP contribution in [0.4, 0.5) is 0 Å². The quantitative estimate of drug-likeness (QED) is 0.379. The molecule has 0 atom stereocenters. The Labute approximate surface area is 92.1 Å². The molecule has 0 radical (unpaired) electrons. The Kier molecular flexibility index (Phi) is 22.6. The SMILES string of the molecule is C.COS(=O)(=O)[O-].COS(=O)(=O)[O-].[CH3+].[CH3+]. The first kappa shape index (κ1) is 29.3. The monoisotopic (exact) mass is 268 g/mol. The van der Waals surface area contributed by atoms with E-state index in [1.54, 1.807) is 0 Å². The number of rotatable bonds is 2. The van der Waals surface area contributed by atoms with Gasteiger partial charge >= 0.3 is 0 Å². The largest absolute Gasteiger partial charge is 0.726 e. The van der Waals surface area contributed by atoms with E-state index < -0.39 is 20.8 Å². The van der Waals surface area contributed by atoms with Gasteiger partial charge in [0.1, 0.15) is 0 Å². The van der Waals surface area contributed by atoms with Crippen LogP contribution in [0.25, 0.3) is 0 Å². The second-order valence-corrected chi connectivity index (χ2v) is 3.45. The van der Waals surface area contributed by atoms with Crippen molar-refractivity contribution in [2.24, 2.45) is 0 Å². The van der Waals surface area contributed by atoms with Crippen LogP contribution in [-0.4, -0.2) is 40.2 Å². The molecule has 10 heteroatoms. The molecule has 0 aromatic carbocycles. The van der Waals surface area contributed by atoms with E-state index in [9.17, 15) is 25.9 Å². The highest BCUT2D eigenvalue weighted by atomic mass is 32.3. The summed E-state index contributed by atoms with van der Waals surface area (Å²) in [6.07, 6.45) is 0. The molecular weight excluding hydrogens is 252 g/mol. The van der Waals surface area contributed by atoms with Gasteiger partial charge in [-0.1, -0.05) is 7.43 Å². The zero-order valence-electron chi connectivity index (χ0n) is 8.08. The summed E-state index contributed by atoms with van der Waals surface area (Å²) in [5.41, 5.74) is 0. The number of hydrogen-bond donors (Lipinski definition) is 0. The van der Waals surface area contributed by atoms with E-state index in [1.807, 2.05) is 0 Å². The predicted octanol–water partition coefficient (Wildman–Crippen LogP) is -0.277. The van der Waals surface area contributed by atoms with Gasteiger partial charge in [0.05, 0.1) is 14.2 Å². The summed E-state index contributed by atoms with van der Waals surface area (Å²) in [5, 5.41) is 0. The van der Waals surface area contributed by atoms with Crippen molar-refractivity contribution in [3.63, 3.8) is 0 Å². The van der Waals surface area contributed by atoms with Gasteiger partial charge < -0.3 is 9.11 Å². The Hall–Kier alpha value is -0.520. The maximum Gasteiger partial charge on any atom is 0.217 e. The zero-order valence-corrected chi connectivity index (χ0v) is 9.72. The van der Waals surface area contributed by atoms with E-state index in [1.165, 1.54) is 0 Å². The topological polar surface area (TPSA) is 133 Å². The average Bonchev–Trinajstić information content (AvgIpc) is 1.86. The predicted molar refractivity (Wildman–Crippen MR) is 53.0 cm³/mol. The molecule has 15 heavy (non-hydrogen) atoms. The molecule has 0 aromatic rings. The fourth-order valence-corrected chi connectivity index (χ4v) is 0. The summed E-state index contributed by atoms with van der Waals surface area (Å²) < 4.78 is 62.0. The Morgan fingerprint density at radius 1 is 0.800 bits per heavy atom. The van der Waals surface area contributed by atoms with E-state index in [0.29, 0.717) is 0 Å². The molecule has 0 aromatic heterocycles. The lowest BCUT2D eigenvalue weighted by molar-refractivity contribution is 0.312. The standard InChI is InChI=1S/2CH4O4S.CH4.2CH3/c2*1-5-6(2,3)4;;;/h2*1H3,(H,2,3,4);1H4;2*1H3/q;;;2*+1/p-2. The molecule has 0 amide bonds. The normalized spacial score (nSPS) is 9.33. The maximum atomic E-state index is 9.22. The molecule has 0 spiro atoms. The van der Waals surface area contributed by atoms with Crippen molar-refractivity contribution in [1.82, 2.24) is 0 Å². The van der Waals surface area contributed by atoms with Crippen LogP contribution in [0.1, 0.15) is 7.43 Å². The summed E-state index contributed by atoms with van der Waals surface area (Å²) in [7, 11) is -7.21. The van der Waals surface area contributed by atoms with Crippen molar-refractivity contribution in [2.75, 3.05) is 14.2 Å². The van der Waals surface area contributed by atoms with Crippen LogP contribution >= 0.6 is 0 Å². The first-order valence-electron chi connectivity index (χ1n) is 2.15. The van der Waals surface area contributed by atoms with Crippen molar-refractivity contribution >= 4 is 20.8 Å². The molecule has 0 saturated carbocycles. The van der Waals surface area contributed by atoms with Crippen LogP contribution in [0, 0.1) is 14.9 Å². The average molecular weight is 268 g/mol. The van der Waals surface area contributed by atoms with Crippen LogP contribution in [0.15, 0.2) is 0 Å². The van der Waals surface area contributed by atoms with E-state index in [-0.39, 0.29) is 22.3 Å². The second kappa shape index (κ2) is 11.6. The first-order chi connectivity index (χ1) is 5.12. The van der Waals surface area contributed by atoms with E-state index >= 15 is 0 Å². The van der Waals surface area contributed by atoms with Crippen LogP contribution in [0.5, 0.6) is 0 Å². The van der Waals surface area contributed by atoms with E-state index in [2.05, 4.69) is 8.37 Å². The summed E-state index contributed by atoms with van der Waals surface area (Å²) >= 11 is 0. The highest BCUT2D eigenvalue weighted by Gasteiger charge is 1.79. The van der Waals surface area contributed by atoms with Crippen molar-refractivity contribution in [2.45, 2.75) is 7.43 Å². The lowest BCUT2D eigenvalue weighted by atomic mass is 11.8. The maximum absolute atomic E-state index is 9.22. The minimum Gasteiger partial charge on any atom is -0.726 e.